The molecule has 0 aliphatic heterocycles. The second kappa shape index (κ2) is 6.64. The van der Waals surface area contributed by atoms with Gasteiger partial charge in [-0.15, -0.1) is 0 Å². The van der Waals surface area contributed by atoms with Crippen LogP contribution in [0.5, 0.6) is 0 Å². The summed E-state index contributed by atoms with van der Waals surface area (Å²) in [7, 11) is 0. The predicted molar refractivity (Wildman–Crippen MR) is 75.5 cm³/mol. The van der Waals surface area contributed by atoms with Crippen molar-refractivity contribution in [3.05, 3.63) is 29.1 Å². The van der Waals surface area contributed by atoms with Crippen molar-refractivity contribution in [3.63, 3.8) is 0 Å². The maximum atomic E-state index is 13.8. The number of carbonyl (C=O) groups excluding carboxylic acids is 1. The Hall–Kier alpha value is -1.23. The van der Waals surface area contributed by atoms with Crippen LogP contribution in [-0.2, 0) is 0 Å². The zero-order valence-electron chi connectivity index (χ0n) is 10.9. The molecule has 0 spiro atoms. The Labute approximate surface area is 111 Å². The number of nitrogens with one attached hydrogen (secondary N) is 1. The van der Waals surface area contributed by atoms with Crippen molar-refractivity contribution in [2.45, 2.75) is 26.8 Å². The van der Waals surface area contributed by atoms with Gasteiger partial charge in [0.25, 0.3) is 5.91 Å². The highest BCUT2D eigenvalue weighted by molar-refractivity contribution is 7.99. The molecule has 0 aliphatic carbocycles. The average Bonchev–Trinajstić information content (AvgIpc) is 2.30. The van der Waals surface area contributed by atoms with Crippen LogP contribution >= 0.6 is 11.8 Å². The maximum absolute atomic E-state index is 13.8. The Morgan fingerprint density at radius 3 is 2.83 bits per heavy atom. The number of aryl methyl sites for hydroxylation is 1. The molecule has 0 aromatic heterocycles. The van der Waals surface area contributed by atoms with Crippen LogP contribution in [-0.4, -0.2) is 23.5 Å². The molecule has 1 rings (SSSR count). The smallest absolute Gasteiger partial charge is 0.254 e. The molecule has 0 saturated carbocycles. The molecule has 1 aromatic carbocycles. The molecule has 0 radical (unpaired) electrons. The van der Waals surface area contributed by atoms with Crippen molar-refractivity contribution in [2.24, 2.45) is 0 Å². The van der Waals surface area contributed by atoms with Crippen molar-refractivity contribution < 1.29 is 9.18 Å². The fraction of sp³-hybridized carbons (Fsp3) is 0.462. The molecule has 0 heterocycles. The summed E-state index contributed by atoms with van der Waals surface area (Å²) in [4.78, 5) is 11.9. The lowest BCUT2D eigenvalue weighted by Gasteiger charge is -2.14. The number of nitrogens with two attached hydrogens (primary N) is 1. The Bertz CT molecular complexity index is 437. The molecule has 0 bridgehead atoms. The summed E-state index contributed by atoms with van der Waals surface area (Å²) in [5, 5.41) is 2.77. The quantitative estimate of drug-likeness (QED) is 0.809. The number of thioether (sulfide) groups is 1. The number of hydrogen-bond acceptors (Lipinski definition) is 3. The molecule has 100 valence electrons. The van der Waals surface area contributed by atoms with Crippen molar-refractivity contribution in [1.82, 2.24) is 5.32 Å². The summed E-state index contributed by atoms with van der Waals surface area (Å²) in [5.41, 5.74) is 6.42. The van der Waals surface area contributed by atoms with Gasteiger partial charge in [-0.05, 0) is 37.3 Å². The van der Waals surface area contributed by atoms with Crippen LogP contribution < -0.4 is 11.1 Å². The minimum absolute atomic E-state index is 0.00332. The first-order valence-electron chi connectivity index (χ1n) is 5.90. The van der Waals surface area contributed by atoms with Crippen molar-refractivity contribution in [2.75, 3.05) is 17.2 Å². The summed E-state index contributed by atoms with van der Waals surface area (Å²) in [6, 6.07) is 2.89. The molecule has 1 aromatic rings. The molecule has 0 fully saturated rings. The zero-order valence-corrected chi connectivity index (χ0v) is 11.7. The van der Waals surface area contributed by atoms with E-state index in [1.54, 1.807) is 18.7 Å². The van der Waals surface area contributed by atoms with E-state index < -0.39 is 11.7 Å². The largest absolute Gasteiger partial charge is 0.399 e. The molecule has 0 saturated heterocycles. The second-order valence-electron chi connectivity index (χ2n) is 4.23. The molecule has 0 aliphatic rings. The van der Waals surface area contributed by atoms with E-state index in [9.17, 15) is 9.18 Å². The number of hydrogen-bond donors (Lipinski definition) is 2. The monoisotopic (exact) mass is 270 g/mol. The summed E-state index contributed by atoms with van der Waals surface area (Å²) >= 11 is 1.73. The number of benzene rings is 1. The third kappa shape index (κ3) is 3.91. The standard InChI is InChI=1S/C13H19FN2OS/c1-4-18-7-9(3)16-13(17)11-6-10(15)5-8(2)12(11)14/h5-6,9H,4,7,15H2,1-3H3,(H,16,17). The van der Waals surface area contributed by atoms with Crippen molar-refractivity contribution in [1.29, 1.82) is 0 Å². The third-order valence-corrected chi connectivity index (χ3v) is 3.61. The van der Waals surface area contributed by atoms with Crippen LogP contribution in [0.25, 0.3) is 0 Å². The number of anilines is 1. The molecule has 1 amide bonds. The fourth-order valence-electron chi connectivity index (χ4n) is 1.60. The van der Waals surface area contributed by atoms with Gasteiger partial charge < -0.3 is 11.1 Å². The number of amides is 1. The van der Waals surface area contributed by atoms with Crippen molar-refractivity contribution >= 4 is 23.4 Å². The summed E-state index contributed by atoms with van der Waals surface area (Å²) < 4.78 is 13.8. The SMILES string of the molecule is CCSCC(C)NC(=O)c1cc(N)cc(C)c1F. The van der Waals surface area contributed by atoms with Crippen LogP contribution in [0, 0.1) is 12.7 Å². The molecular formula is C13H19FN2OS. The molecule has 3 nitrogen and oxygen atoms in total. The third-order valence-electron chi connectivity index (χ3n) is 2.47. The van der Waals surface area contributed by atoms with Crippen LogP contribution in [0.2, 0.25) is 0 Å². The van der Waals surface area contributed by atoms with Crippen LogP contribution in [0.1, 0.15) is 29.8 Å². The lowest BCUT2D eigenvalue weighted by molar-refractivity contribution is 0.0939. The van der Waals surface area contributed by atoms with Crippen LogP contribution in [0.15, 0.2) is 12.1 Å². The van der Waals surface area contributed by atoms with Crippen LogP contribution in [0.3, 0.4) is 0 Å². The van der Waals surface area contributed by atoms with E-state index >= 15 is 0 Å². The van der Waals surface area contributed by atoms with Gasteiger partial charge in [-0.1, -0.05) is 6.92 Å². The van der Waals surface area contributed by atoms with E-state index in [2.05, 4.69) is 12.2 Å². The second-order valence-corrected chi connectivity index (χ2v) is 5.55. The molecular weight excluding hydrogens is 251 g/mol. The highest BCUT2D eigenvalue weighted by Gasteiger charge is 2.16. The lowest BCUT2D eigenvalue weighted by atomic mass is 10.1. The van der Waals surface area contributed by atoms with Gasteiger partial charge >= 0.3 is 0 Å². The van der Waals surface area contributed by atoms with Gasteiger partial charge in [0, 0.05) is 17.5 Å². The minimum Gasteiger partial charge on any atom is -0.399 e. The van der Waals surface area contributed by atoms with E-state index in [1.165, 1.54) is 12.1 Å². The van der Waals surface area contributed by atoms with Gasteiger partial charge in [0.1, 0.15) is 5.82 Å². The highest BCUT2D eigenvalue weighted by atomic mass is 32.2. The normalized spacial score (nSPS) is 12.2. The van der Waals surface area contributed by atoms with Gasteiger partial charge in [0.05, 0.1) is 5.56 Å². The Morgan fingerprint density at radius 2 is 2.22 bits per heavy atom. The molecule has 3 N–H and O–H groups in total. The number of nitrogen functional groups attached to an aromatic ring is 1. The van der Waals surface area contributed by atoms with E-state index in [-0.39, 0.29) is 11.6 Å². The van der Waals surface area contributed by atoms with Crippen LogP contribution in [0.4, 0.5) is 10.1 Å². The van der Waals surface area contributed by atoms with Gasteiger partial charge in [0.15, 0.2) is 0 Å². The molecule has 1 unspecified atom stereocenters. The summed E-state index contributed by atoms with van der Waals surface area (Å²) in [5.74, 6) is 0.890. The zero-order chi connectivity index (χ0) is 13.7. The van der Waals surface area contributed by atoms with E-state index in [0.717, 1.165) is 11.5 Å². The highest BCUT2D eigenvalue weighted by Crippen LogP contribution is 2.17. The Kier molecular flexibility index (Phi) is 5.47. The molecule has 1 atom stereocenters. The minimum atomic E-state index is -0.503. The molecule has 18 heavy (non-hydrogen) atoms. The van der Waals surface area contributed by atoms with Gasteiger partial charge in [-0.25, -0.2) is 4.39 Å². The first-order chi connectivity index (χ1) is 8.45. The first-order valence-corrected chi connectivity index (χ1v) is 7.05. The Balaban J connectivity index is 2.78. The Morgan fingerprint density at radius 1 is 1.56 bits per heavy atom. The van der Waals surface area contributed by atoms with E-state index in [4.69, 9.17) is 5.73 Å². The summed E-state index contributed by atoms with van der Waals surface area (Å²) in [6.45, 7) is 5.55. The van der Waals surface area contributed by atoms with Crippen molar-refractivity contribution in [3.8, 4) is 0 Å². The number of carbonyl (C=O) groups is 1. The number of halogens is 1. The predicted octanol–water partition coefficient (Wildman–Crippen LogP) is 2.59. The van der Waals surface area contributed by atoms with E-state index in [1.807, 2.05) is 6.92 Å². The first kappa shape index (κ1) is 14.8. The topological polar surface area (TPSA) is 55.1 Å². The lowest BCUT2D eigenvalue weighted by Crippen LogP contribution is -2.35. The van der Waals surface area contributed by atoms with Gasteiger partial charge in [-0.2, -0.15) is 11.8 Å². The molecule has 5 heteroatoms. The average molecular weight is 270 g/mol. The number of rotatable bonds is 5. The van der Waals surface area contributed by atoms with Gasteiger partial charge in [-0.3, -0.25) is 4.79 Å². The fourth-order valence-corrected chi connectivity index (χ4v) is 2.27. The van der Waals surface area contributed by atoms with Gasteiger partial charge in [0.2, 0.25) is 0 Å². The maximum Gasteiger partial charge on any atom is 0.254 e. The van der Waals surface area contributed by atoms with E-state index in [0.29, 0.717) is 11.3 Å². The summed E-state index contributed by atoms with van der Waals surface area (Å²) in [6.07, 6.45) is 0.